The highest BCUT2D eigenvalue weighted by Gasteiger charge is 2.51. The summed E-state index contributed by atoms with van der Waals surface area (Å²) in [6.45, 7) is 0.349. The van der Waals surface area contributed by atoms with Gasteiger partial charge in [-0.05, 0) is 30.5 Å². The number of anilines is 1. The van der Waals surface area contributed by atoms with Crippen molar-refractivity contribution in [2.75, 3.05) is 11.9 Å². The number of carbonyl (C=O) groups excluding carboxylic acids is 1. The second-order valence-corrected chi connectivity index (χ2v) is 4.74. The number of rotatable bonds is 2. The Kier molecular flexibility index (Phi) is 2.29. The zero-order valence-electron chi connectivity index (χ0n) is 9.73. The molecule has 3 rings (SSSR count). The average Bonchev–Trinajstić information content (AvgIpc) is 3.11. The summed E-state index contributed by atoms with van der Waals surface area (Å²) in [7, 11) is 0. The summed E-state index contributed by atoms with van der Waals surface area (Å²) in [5.41, 5.74) is 0.550. The predicted octanol–water partition coefficient (Wildman–Crippen LogP) is 1.52. The first-order valence-corrected chi connectivity index (χ1v) is 5.92. The average molecular weight is 247 g/mol. The van der Waals surface area contributed by atoms with Crippen LogP contribution < -0.4 is 10.1 Å². The number of ether oxygens (including phenoxy) is 1. The summed E-state index contributed by atoms with van der Waals surface area (Å²) in [4.78, 5) is 22.7. The molecule has 1 saturated carbocycles. The molecule has 0 atom stereocenters. The molecule has 1 aromatic carbocycles. The van der Waals surface area contributed by atoms with Crippen molar-refractivity contribution in [2.45, 2.75) is 24.7 Å². The van der Waals surface area contributed by atoms with Crippen LogP contribution in [0.3, 0.4) is 0 Å². The lowest BCUT2D eigenvalue weighted by Gasteiger charge is -2.13. The first-order valence-electron chi connectivity index (χ1n) is 5.92. The number of benzene rings is 1. The van der Waals surface area contributed by atoms with Crippen molar-refractivity contribution >= 4 is 17.6 Å². The molecular formula is C13H13NO4. The minimum Gasteiger partial charge on any atom is -0.491 e. The van der Waals surface area contributed by atoms with Gasteiger partial charge in [-0.3, -0.25) is 9.59 Å². The van der Waals surface area contributed by atoms with Crippen molar-refractivity contribution in [2.24, 2.45) is 0 Å². The first-order chi connectivity index (χ1) is 8.62. The van der Waals surface area contributed by atoms with Gasteiger partial charge in [0.15, 0.2) is 0 Å². The van der Waals surface area contributed by atoms with Gasteiger partial charge in [-0.15, -0.1) is 0 Å². The Labute approximate surface area is 104 Å². The molecule has 1 heterocycles. The van der Waals surface area contributed by atoms with Crippen molar-refractivity contribution in [3.63, 3.8) is 0 Å². The molecule has 0 aromatic heterocycles. The lowest BCUT2D eigenvalue weighted by Crippen LogP contribution is -2.19. The number of hydrogen-bond acceptors (Lipinski definition) is 3. The normalized spacial score (nSPS) is 20.1. The molecule has 0 unspecified atom stereocenters. The second kappa shape index (κ2) is 3.73. The molecule has 2 N–H and O–H groups in total. The number of nitrogens with one attached hydrogen (secondary N) is 1. The summed E-state index contributed by atoms with van der Waals surface area (Å²) in [5.74, 6) is -0.305. The molecular weight excluding hydrogens is 234 g/mol. The Morgan fingerprint density at radius 1 is 1.39 bits per heavy atom. The monoisotopic (exact) mass is 247 g/mol. The number of carboxylic acids is 1. The van der Waals surface area contributed by atoms with E-state index < -0.39 is 11.4 Å². The Balaban J connectivity index is 2.00. The maximum Gasteiger partial charge on any atom is 0.314 e. The Morgan fingerprint density at radius 2 is 2.17 bits per heavy atom. The van der Waals surface area contributed by atoms with Crippen LogP contribution in [0.5, 0.6) is 5.75 Å². The molecule has 5 heteroatoms. The van der Waals surface area contributed by atoms with Crippen LogP contribution in [0.1, 0.15) is 24.8 Å². The fourth-order valence-electron chi connectivity index (χ4n) is 2.27. The van der Waals surface area contributed by atoms with E-state index in [1.54, 1.807) is 18.2 Å². The van der Waals surface area contributed by atoms with Crippen LogP contribution in [0.25, 0.3) is 0 Å². The van der Waals surface area contributed by atoms with E-state index in [9.17, 15) is 14.7 Å². The number of carbonyl (C=O) groups is 2. The molecule has 94 valence electrons. The van der Waals surface area contributed by atoms with Crippen molar-refractivity contribution in [3.05, 3.63) is 23.8 Å². The minimum absolute atomic E-state index is 0.105. The van der Waals surface area contributed by atoms with E-state index in [0.717, 1.165) is 5.56 Å². The van der Waals surface area contributed by atoms with Gasteiger partial charge in [0, 0.05) is 0 Å². The van der Waals surface area contributed by atoms with E-state index in [1.165, 1.54) is 0 Å². The molecule has 18 heavy (non-hydrogen) atoms. The van der Waals surface area contributed by atoms with Crippen molar-refractivity contribution < 1.29 is 19.4 Å². The fourth-order valence-corrected chi connectivity index (χ4v) is 2.27. The maximum absolute atomic E-state index is 11.4. The van der Waals surface area contributed by atoms with Gasteiger partial charge in [-0.1, -0.05) is 6.07 Å². The van der Waals surface area contributed by atoms with Crippen LogP contribution in [0.15, 0.2) is 18.2 Å². The minimum atomic E-state index is -0.802. The number of fused-ring (bicyclic) bond motifs is 1. The Morgan fingerprint density at radius 3 is 2.83 bits per heavy atom. The highest BCUT2D eigenvalue weighted by molar-refractivity contribution is 5.94. The van der Waals surface area contributed by atoms with Gasteiger partial charge in [-0.2, -0.15) is 0 Å². The maximum atomic E-state index is 11.4. The van der Waals surface area contributed by atoms with Crippen LogP contribution in [0, 0.1) is 0 Å². The van der Waals surface area contributed by atoms with Gasteiger partial charge in [0.05, 0.1) is 24.1 Å². The molecule has 0 bridgehead atoms. The summed E-state index contributed by atoms with van der Waals surface area (Å²) in [5, 5.41) is 12.0. The Bertz CT molecular complexity index is 534. The highest BCUT2D eigenvalue weighted by Crippen LogP contribution is 2.49. The van der Waals surface area contributed by atoms with Crippen LogP contribution in [-0.2, 0) is 15.0 Å². The van der Waals surface area contributed by atoms with Crippen LogP contribution >= 0.6 is 0 Å². The largest absolute Gasteiger partial charge is 0.491 e. The smallest absolute Gasteiger partial charge is 0.314 e. The van der Waals surface area contributed by atoms with E-state index in [4.69, 9.17) is 4.74 Å². The molecule has 1 aromatic rings. The molecule has 0 saturated heterocycles. The molecule has 1 aliphatic carbocycles. The standard InChI is InChI=1S/C13H13NO4/c15-11-3-6-18-10-2-1-8(7-9(10)14-11)13(4-5-13)12(16)17/h1-2,7H,3-6H2,(H,14,15)(H,16,17). The van der Waals surface area contributed by atoms with Crippen molar-refractivity contribution in [1.82, 2.24) is 0 Å². The topological polar surface area (TPSA) is 75.6 Å². The van der Waals surface area contributed by atoms with Crippen molar-refractivity contribution in [3.8, 4) is 5.75 Å². The highest BCUT2D eigenvalue weighted by atomic mass is 16.5. The number of amides is 1. The third-order valence-corrected chi connectivity index (χ3v) is 3.55. The van der Waals surface area contributed by atoms with Gasteiger partial charge >= 0.3 is 5.97 Å². The van der Waals surface area contributed by atoms with Crippen LogP contribution in [0.2, 0.25) is 0 Å². The third-order valence-electron chi connectivity index (χ3n) is 3.55. The summed E-state index contributed by atoms with van der Waals surface area (Å²) in [6, 6.07) is 5.23. The summed E-state index contributed by atoms with van der Waals surface area (Å²) < 4.78 is 5.44. The van der Waals surface area contributed by atoms with E-state index in [-0.39, 0.29) is 5.91 Å². The predicted molar refractivity (Wildman–Crippen MR) is 63.7 cm³/mol. The van der Waals surface area contributed by atoms with Gasteiger partial charge in [0.25, 0.3) is 0 Å². The SMILES string of the molecule is O=C1CCOc2ccc(C3(C(=O)O)CC3)cc2N1. The molecule has 0 spiro atoms. The summed E-state index contributed by atoms with van der Waals surface area (Å²) >= 11 is 0. The van der Waals surface area contributed by atoms with Gasteiger partial charge < -0.3 is 15.2 Å². The number of carboxylic acid groups (broad SMARTS) is 1. The van der Waals surface area contributed by atoms with Gasteiger partial charge in [0.1, 0.15) is 5.75 Å². The van der Waals surface area contributed by atoms with E-state index >= 15 is 0 Å². The quantitative estimate of drug-likeness (QED) is 0.830. The van der Waals surface area contributed by atoms with Crippen LogP contribution in [-0.4, -0.2) is 23.6 Å². The second-order valence-electron chi connectivity index (χ2n) is 4.74. The zero-order chi connectivity index (χ0) is 12.8. The molecule has 1 fully saturated rings. The molecule has 1 amide bonds. The van der Waals surface area contributed by atoms with Crippen molar-refractivity contribution in [1.29, 1.82) is 0 Å². The van der Waals surface area contributed by atoms with Gasteiger partial charge in [0.2, 0.25) is 5.91 Å². The van der Waals surface area contributed by atoms with Gasteiger partial charge in [-0.25, -0.2) is 0 Å². The molecule has 2 aliphatic rings. The lowest BCUT2D eigenvalue weighted by molar-refractivity contribution is -0.140. The number of aliphatic carboxylic acids is 1. The van der Waals surface area contributed by atoms with E-state index in [0.29, 0.717) is 37.3 Å². The lowest BCUT2D eigenvalue weighted by atomic mass is 9.95. The Hall–Kier alpha value is -2.04. The molecule has 0 radical (unpaired) electrons. The van der Waals surface area contributed by atoms with E-state index in [2.05, 4.69) is 5.32 Å². The molecule has 1 aliphatic heterocycles. The fraction of sp³-hybridized carbons (Fsp3) is 0.385. The number of hydrogen-bond donors (Lipinski definition) is 2. The third kappa shape index (κ3) is 1.63. The summed E-state index contributed by atoms with van der Waals surface area (Å²) in [6.07, 6.45) is 1.61. The van der Waals surface area contributed by atoms with Crippen LogP contribution in [0.4, 0.5) is 5.69 Å². The first kappa shape index (κ1) is 11.1. The molecule has 5 nitrogen and oxygen atoms in total. The zero-order valence-corrected chi connectivity index (χ0v) is 9.73. The van der Waals surface area contributed by atoms with E-state index in [1.807, 2.05) is 0 Å².